The highest BCUT2D eigenvalue weighted by Crippen LogP contribution is 2.11. The summed E-state index contributed by atoms with van der Waals surface area (Å²) in [6.45, 7) is 1.27. The van der Waals surface area contributed by atoms with Gasteiger partial charge in [-0.1, -0.05) is 12.1 Å². The van der Waals surface area contributed by atoms with Gasteiger partial charge in [-0.15, -0.1) is 0 Å². The molecule has 0 radical (unpaired) electrons. The molecule has 2 rings (SSSR count). The molecule has 20 heavy (non-hydrogen) atoms. The lowest BCUT2D eigenvalue weighted by atomic mass is 10.2. The van der Waals surface area contributed by atoms with Gasteiger partial charge in [-0.3, -0.25) is 4.79 Å². The molecule has 0 atom stereocenters. The Morgan fingerprint density at radius 3 is 2.80 bits per heavy atom. The number of carbonyl (C=O) groups excluding carboxylic acids is 1. The summed E-state index contributed by atoms with van der Waals surface area (Å²) in [5.41, 5.74) is 1.91. The van der Waals surface area contributed by atoms with E-state index in [9.17, 15) is 4.79 Å². The molecule has 0 spiro atoms. The lowest BCUT2D eigenvalue weighted by Gasteiger charge is -2.06. The number of nitrogens with zero attached hydrogens (tertiary/aromatic N) is 3. The topological polar surface area (TPSA) is 69.0 Å². The largest absolute Gasteiger partial charge is 0.385 e. The second-order valence-electron chi connectivity index (χ2n) is 4.43. The molecule has 0 aliphatic carbocycles. The number of nitrogens with one attached hydrogen (secondary N) is 1. The lowest BCUT2D eigenvalue weighted by Crippen LogP contribution is -2.12. The lowest BCUT2D eigenvalue weighted by molar-refractivity contribution is -0.116. The first-order valence-electron chi connectivity index (χ1n) is 6.48. The zero-order valence-corrected chi connectivity index (χ0v) is 11.5. The molecule has 1 N–H and O–H groups in total. The quantitative estimate of drug-likeness (QED) is 0.780. The first-order chi connectivity index (χ1) is 9.78. The number of methoxy groups -OCH3 is 1. The maximum Gasteiger partial charge on any atom is 0.224 e. The van der Waals surface area contributed by atoms with Crippen molar-refractivity contribution in [3.63, 3.8) is 0 Å². The van der Waals surface area contributed by atoms with Crippen LogP contribution in [-0.4, -0.2) is 34.4 Å². The number of carbonyl (C=O) groups is 1. The van der Waals surface area contributed by atoms with Crippen molar-refractivity contribution in [2.75, 3.05) is 19.0 Å². The van der Waals surface area contributed by atoms with E-state index in [1.54, 1.807) is 18.1 Å². The second kappa shape index (κ2) is 7.40. The van der Waals surface area contributed by atoms with Crippen molar-refractivity contribution in [2.45, 2.75) is 19.4 Å². The Labute approximate surface area is 117 Å². The van der Waals surface area contributed by atoms with Gasteiger partial charge in [0.05, 0.1) is 6.54 Å². The fourth-order valence-corrected chi connectivity index (χ4v) is 1.80. The summed E-state index contributed by atoms with van der Waals surface area (Å²) in [5.74, 6) is 0.00563. The fourth-order valence-electron chi connectivity index (χ4n) is 1.80. The number of hydrogen-bond acceptors (Lipinski definition) is 4. The van der Waals surface area contributed by atoms with E-state index < -0.39 is 0 Å². The molecular weight excluding hydrogens is 256 g/mol. The minimum atomic E-state index is 0.00563. The van der Waals surface area contributed by atoms with Crippen molar-refractivity contribution < 1.29 is 9.53 Å². The average molecular weight is 274 g/mol. The van der Waals surface area contributed by atoms with Crippen molar-refractivity contribution in [2.24, 2.45) is 0 Å². The summed E-state index contributed by atoms with van der Waals surface area (Å²) in [5, 5.41) is 6.91. The van der Waals surface area contributed by atoms with Gasteiger partial charge in [-0.2, -0.15) is 5.10 Å². The molecule has 1 aromatic heterocycles. The van der Waals surface area contributed by atoms with E-state index in [4.69, 9.17) is 4.74 Å². The van der Waals surface area contributed by atoms with Gasteiger partial charge in [0.25, 0.3) is 0 Å². The summed E-state index contributed by atoms with van der Waals surface area (Å²) < 4.78 is 6.66. The summed E-state index contributed by atoms with van der Waals surface area (Å²) in [7, 11) is 1.63. The van der Waals surface area contributed by atoms with Crippen LogP contribution in [0.2, 0.25) is 0 Å². The van der Waals surface area contributed by atoms with Crippen molar-refractivity contribution in [3.8, 4) is 0 Å². The Kier molecular flexibility index (Phi) is 5.25. The molecule has 0 fully saturated rings. The predicted octanol–water partition coefficient (Wildman–Crippen LogP) is 1.69. The van der Waals surface area contributed by atoms with Gasteiger partial charge in [0, 0.05) is 25.8 Å². The van der Waals surface area contributed by atoms with Crippen LogP contribution in [-0.2, 0) is 16.1 Å². The van der Waals surface area contributed by atoms with Gasteiger partial charge in [0.15, 0.2) is 0 Å². The number of hydrogen-bond donors (Lipinski definition) is 1. The van der Waals surface area contributed by atoms with Crippen molar-refractivity contribution in [1.82, 2.24) is 14.8 Å². The highest BCUT2D eigenvalue weighted by atomic mass is 16.5. The van der Waals surface area contributed by atoms with Crippen LogP contribution in [0.5, 0.6) is 0 Å². The van der Waals surface area contributed by atoms with Crippen molar-refractivity contribution in [1.29, 1.82) is 0 Å². The Balaban J connectivity index is 1.83. The third-order valence-corrected chi connectivity index (χ3v) is 2.80. The van der Waals surface area contributed by atoms with Gasteiger partial charge >= 0.3 is 0 Å². The monoisotopic (exact) mass is 274 g/mol. The Morgan fingerprint density at radius 1 is 1.35 bits per heavy atom. The Bertz CT molecular complexity index is 523. The van der Waals surface area contributed by atoms with Crippen LogP contribution in [0, 0.1) is 0 Å². The van der Waals surface area contributed by atoms with Gasteiger partial charge in [0.1, 0.15) is 12.7 Å². The molecule has 0 bridgehead atoms. The van der Waals surface area contributed by atoms with E-state index in [1.165, 1.54) is 6.33 Å². The van der Waals surface area contributed by atoms with E-state index in [1.807, 2.05) is 24.3 Å². The number of ether oxygens (including phenoxy) is 1. The molecule has 1 aromatic carbocycles. The maximum atomic E-state index is 11.6. The molecular formula is C14H18N4O2. The molecule has 6 heteroatoms. The van der Waals surface area contributed by atoms with Gasteiger partial charge in [0.2, 0.25) is 5.91 Å². The molecule has 1 heterocycles. The van der Waals surface area contributed by atoms with Crippen LogP contribution >= 0.6 is 0 Å². The fraction of sp³-hybridized carbons (Fsp3) is 0.357. The number of aromatic nitrogens is 3. The summed E-state index contributed by atoms with van der Waals surface area (Å²) in [6, 6.07) is 7.71. The summed E-state index contributed by atoms with van der Waals surface area (Å²) in [4.78, 5) is 15.5. The van der Waals surface area contributed by atoms with Crippen LogP contribution < -0.4 is 5.32 Å². The smallest absolute Gasteiger partial charge is 0.224 e. The molecule has 2 aromatic rings. The van der Waals surface area contributed by atoms with E-state index >= 15 is 0 Å². The average Bonchev–Trinajstić information content (AvgIpc) is 2.94. The second-order valence-corrected chi connectivity index (χ2v) is 4.43. The standard InChI is InChI=1S/C14H18N4O2/c1-20-8-2-3-14(19)17-13-6-4-12(5-7-13)9-18-11-15-10-16-18/h4-7,10-11H,2-3,8-9H2,1H3,(H,17,19). The van der Waals surface area contributed by atoms with Crippen LogP contribution in [0.25, 0.3) is 0 Å². The number of rotatable bonds is 7. The zero-order valence-electron chi connectivity index (χ0n) is 11.5. The highest BCUT2D eigenvalue weighted by Gasteiger charge is 2.02. The zero-order chi connectivity index (χ0) is 14.2. The van der Waals surface area contributed by atoms with Crippen LogP contribution in [0.15, 0.2) is 36.9 Å². The minimum absolute atomic E-state index is 0.00563. The van der Waals surface area contributed by atoms with E-state index in [2.05, 4.69) is 15.4 Å². The normalized spacial score (nSPS) is 10.4. The minimum Gasteiger partial charge on any atom is -0.385 e. The number of amides is 1. The summed E-state index contributed by atoms with van der Waals surface area (Å²) in [6.07, 6.45) is 4.38. The van der Waals surface area contributed by atoms with Crippen LogP contribution in [0.3, 0.4) is 0 Å². The maximum absolute atomic E-state index is 11.6. The van der Waals surface area contributed by atoms with Gasteiger partial charge in [-0.05, 0) is 24.1 Å². The molecule has 1 amide bonds. The number of anilines is 1. The first kappa shape index (κ1) is 14.2. The van der Waals surface area contributed by atoms with Crippen molar-refractivity contribution >= 4 is 11.6 Å². The molecule has 0 unspecified atom stereocenters. The van der Waals surface area contributed by atoms with E-state index in [0.717, 1.165) is 17.7 Å². The molecule has 6 nitrogen and oxygen atoms in total. The van der Waals surface area contributed by atoms with E-state index in [0.29, 0.717) is 19.6 Å². The third-order valence-electron chi connectivity index (χ3n) is 2.80. The van der Waals surface area contributed by atoms with Gasteiger partial charge in [-0.25, -0.2) is 9.67 Å². The molecule has 0 aliphatic heterocycles. The Hall–Kier alpha value is -2.21. The first-order valence-corrected chi connectivity index (χ1v) is 6.48. The summed E-state index contributed by atoms with van der Waals surface area (Å²) >= 11 is 0. The van der Waals surface area contributed by atoms with Crippen LogP contribution in [0.4, 0.5) is 5.69 Å². The van der Waals surface area contributed by atoms with Crippen LogP contribution in [0.1, 0.15) is 18.4 Å². The SMILES string of the molecule is COCCCC(=O)Nc1ccc(Cn2cncn2)cc1. The molecule has 0 aliphatic rings. The predicted molar refractivity (Wildman–Crippen MR) is 75.3 cm³/mol. The van der Waals surface area contributed by atoms with E-state index in [-0.39, 0.29) is 5.91 Å². The third kappa shape index (κ3) is 4.47. The molecule has 0 saturated carbocycles. The molecule has 106 valence electrons. The molecule has 0 saturated heterocycles. The Morgan fingerprint density at radius 2 is 2.15 bits per heavy atom. The van der Waals surface area contributed by atoms with Gasteiger partial charge < -0.3 is 10.1 Å². The van der Waals surface area contributed by atoms with Crippen molar-refractivity contribution in [3.05, 3.63) is 42.5 Å². The number of benzene rings is 1. The highest BCUT2D eigenvalue weighted by molar-refractivity contribution is 5.90.